The maximum Gasteiger partial charge on any atom is 0.339 e. The summed E-state index contributed by atoms with van der Waals surface area (Å²) in [5.41, 5.74) is 2.78. The molecule has 0 fully saturated rings. The monoisotopic (exact) mass is 359 g/mol. The summed E-state index contributed by atoms with van der Waals surface area (Å²) in [5.74, 6) is -0.895. The van der Waals surface area contributed by atoms with Gasteiger partial charge in [0.2, 0.25) is 0 Å². The van der Waals surface area contributed by atoms with E-state index in [1.807, 2.05) is 41.0 Å². The lowest BCUT2D eigenvalue weighted by Crippen LogP contribution is -2.10. The second kappa shape index (κ2) is 6.96. The van der Waals surface area contributed by atoms with E-state index in [-0.39, 0.29) is 6.73 Å². The molecule has 4 aromatic rings. The molecule has 0 aliphatic carbocycles. The Labute approximate surface area is 155 Å². The van der Waals surface area contributed by atoms with Crippen molar-refractivity contribution >= 4 is 33.7 Å². The van der Waals surface area contributed by atoms with E-state index in [1.165, 1.54) is 7.11 Å². The maximum absolute atomic E-state index is 12.4. The Hall–Kier alpha value is -3.60. The number of methoxy groups -OCH3 is 1. The Morgan fingerprint density at radius 3 is 1.74 bits per heavy atom. The van der Waals surface area contributed by atoms with Crippen LogP contribution in [-0.4, -0.2) is 23.6 Å². The molecule has 0 unspecified atom stereocenters. The number of carbonyl (C=O) groups excluding carboxylic acids is 2. The molecule has 3 aromatic carbocycles. The van der Waals surface area contributed by atoms with Crippen LogP contribution >= 0.6 is 0 Å². The third-order valence-corrected chi connectivity index (χ3v) is 4.55. The molecule has 4 rings (SSSR count). The van der Waals surface area contributed by atoms with Gasteiger partial charge in [-0.15, -0.1) is 0 Å². The van der Waals surface area contributed by atoms with Crippen molar-refractivity contribution in [1.29, 1.82) is 0 Å². The molecule has 134 valence electrons. The number of hydrogen-bond acceptors (Lipinski definition) is 4. The zero-order valence-corrected chi connectivity index (χ0v) is 14.7. The number of benzene rings is 3. The van der Waals surface area contributed by atoms with Crippen molar-refractivity contribution in [3.8, 4) is 0 Å². The highest BCUT2D eigenvalue weighted by Gasteiger charge is 2.13. The van der Waals surface area contributed by atoms with E-state index in [0.29, 0.717) is 11.1 Å². The molecule has 0 amide bonds. The Kier molecular flexibility index (Phi) is 4.34. The van der Waals surface area contributed by atoms with Crippen LogP contribution in [-0.2, 0) is 16.2 Å². The molecule has 0 saturated carbocycles. The van der Waals surface area contributed by atoms with Gasteiger partial charge >= 0.3 is 11.9 Å². The largest absolute Gasteiger partial charge is 0.465 e. The number of rotatable bonds is 4. The molecule has 0 aliphatic rings. The van der Waals surface area contributed by atoms with Gasteiger partial charge in [-0.2, -0.15) is 0 Å². The third kappa shape index (κ3) is 3.04. The van der Waals surface area contributed by atoms with Gasteiger partial charge in [0.05, 0.1) is 29.3 Å². The Balaban J connectivity index is 1.59. The molecule has 0 saturated heterocycles. The zero-order chi connectivity index (χ0) is 18.8. The second-order valence-corrected chi connectivity index (χ2v) is 6.09. The summed E-state index contributed by atoms with van der Waals surface area (Å²) in [4.78, 5) is 23.9. The van der Waals surface area contributed by atoms with E-state index in [4.69, 9.17) is 4.74 Å². The average Bonchev–Trinajstić information content (AvgIpc) is 3.05. The van der Waals surface area contributed by atoms with Gasteiger partial charge < -0.3 is 14.0 Å². The third-order valence-electron chi connectivity index (χ3n) is 4.55. The number of fused-ring (bicyclic) bond motifs is 3. The number of aromatic nitrogens is 1. The lowest BCUT2D eigenvalue weighted by molar-refractivity contribution is 0.0385. The minimum absolute atomic E-state index is 0.103. The molecule has 0 aliphatic heterocycles. The molecule has 0 bridgehead atoms. The molecule has 0 radical (unpaired) electrons. The summed E-state index contributed by atoms with van der Waals surface area (Å²) in [6, 6.07) is 22.2. The number of esters is 2. The smallest absolute Gasteiger partial charge is 0.339 e. The molecule has 1 aromatic heterocycles. The predicted octanol–water partition coefficient (Wildman–Crippen LogP) is 4.40. The van der Waals surface area contributed by atoms with Crippen molar-refractivity contribution in [3.63, 3.8) is 0 Å². The number of carbonyl (C=O) groups is 2. The van der Waals surface area contributed by atoms with Crippen LogP contribution in [0.4, 0.5) is 0 Å². The van der Waals surface area contributed by atoms with Crippen LogP contribution < -0.4 is 0 Å². The van der Waals surface area contributed by atoms with E-state index < -0.39 is 11.9 Å². The van der Waals surface area contributed by atoms with E-state index in [1.54, 1.807) is 24.3 Å². The minimum atomic E-state index is -0.451. The normalized spacial score (nSPS) is 10.9. The predicted molar refractivity (Wildman–Crippen MR) is 103 cm³/mol. The number of nitrogens with zero attached hydrogens (tertiary/aromatic N) is 1. The first-order valence-corrected chi connectivity index (χ1v) is 8.50. The summed E-state index contributed by atoms with van der Waals surface area (Å²) >= 11 is 0. The highest BCUT2D eigenvalue weighted by Crippen LogP contribution is 2.28. The standard InChI is InChI=1S/C22H17NO4/c1-26-21(24)15-10-12-16(13-11-15)22(25)27-14-23-19-8-4-2-6-17(19)18-7-3-5-9-20(18)23/h2-13H,14H2,1H3. The van der Waals surface area contributed by atoms with Crippen molar-refractivity contribution < 1.29 is 19.1 Å². The fourth-order valence-corrected chi connectivity index (χ4v) is 3.21. The highest BCUT2D eigenvalue weighted by molar-refractivity contribution is 6.08. The quantitative estimate of drug-likeness (QED) is 0.507. The van der Waals surface area contributed by atoms with Crippen LogP contribution in [0.5, 0.6) is 0 Å². The average molecular weight is 359 g/mol. The fraction of sp³-hybridized carbons (Fsp3) is 0.0909. The Morgan fingerprint density at radius 1 is 0.741 bits per heavy atom. The molecule has 5 nitrogen and oxygen atoms in total. The number of hydrogen-bond donors (Lipinski definition) is 0. The van der Waals surface area contributed by atoms with Crippen LogP contribution in [0.2, 0.25) is 0 Å². The lowest BCUT2D eigenvalue weighted by Gasteiger charge is -2.09. The van der Waals surface area contributed by atoms with Gasteiger partial charge in [-0.1, -0.05) is 36.4 Å². The van der Waals surface area contributed by atoms with Gasteiger partial charge in [-0.3, -0.25) is 0 Å². The Bertz CT molecular complexity index is 1090. The van der Waals surface area contributed by atoms with Crippen LogP contribution in [0.1, 0.15) is 20.7 Å². The molecular weight excluding hydrogens is 342 g/mol. The lowest BCUT2D eigenvalue weighted by atomic mass is 10.1. The van der Waals surface area contributed by atoms with Crippen molar-refractivity contribution in [1.82, 2.24) is 4.57 Å². The first-order valence-electron chi connectivity index (χ1n) is 8.50. The van der Waals surface area contributed by atoms with Gasteiger partial charge in [-0.25, -0.2) is 9.59 Å². The van der Waals surface area contributed by atoms with Gasteiger partial charge in [0.15, 0.2) is 6.73 Å². The highest BCUT2D eigenvalue weighted by atomic mass is 16.5. The van der Waals surface area contributed by atoms with E-state index in [9.17, 15) is 9.59 Å². The second-order valence-electron chi connectivity index (χ2n) is 6.09. The van der Waals surface area contributed by atoms with Crippen LogP contribution in [0.25, 0.3) is 21.8 Å². The van der Waals surface area contributed by atoms with Crippen LogP contribution in [0, 0.1) is 0 Å². The van der Waals surface area contributed by atoms with Crippen LogP contribution in [0.3, 0.4) is 0 Å². The van der Waals surface area contributed by atoms with Crippen molar-refractivity contribution in [2.45, 2.75) is 6.73 Å². The molecular formula is C22H17NO4. The summed E-state index contributed by atoms with van der Waals surface area (Å²) in [7, 11) is 1.32. The number of ether oxygens (including phenoxy) is 2. The summed E-state index contributed by atoms with van der Waals surface area (Å²) < 4.78 is 12.2. The molecule has 0 atom stereocenters. The SMILES string of the molecule is COC(=O)c1ccc(C(=O)OCn2c3ccccc3c3ccccc32)cc1. The fourth-order valence-electron chi connectivity index (χ4n) is 3.21. The van der Waals surface area contributed by atoms with E-state index in [0.717, 1.165) is 21.8 Å². The molecule has 1 heterocycles. The van der Waals surface area contributed by atoms with Crippen molar-refractivity contribution in [3.05, 3.63) is 83.9 Å². The maximum atomic E-state index is 12.4. The summed E-state index contributed by atoms with van der Waals surface area (Å²) in [6.07, 6.45) is 0. The van der Waals surface area contributed by atoms with Crippen molar-refractivity contribution in [2.24, 2.45) is 0 Å². The van der Waals surface area contributed by atoms with Gasteiger partial charge in [-0.05, 0) is 36.4 Å². The summed E-state index contributed by atoms with van der Waals surface area (Å²) in [5, 5.41) is 2.23. The van der Waals surface area contributed by atoms with Gasteiger partial charge in [0.1, 0.15) is 0 Å². The van der Waals surface area contributed by atoms with Crippen LogP contribution in [0.15, 0.2) is 72.8 Å². The van der Waals surface area contributed by atoms with Crippen molar-refractivity contribution in [2.75, 3.05) is 7.11 Å². The summed E-state index contributed by atoms with van der Waals surface area (Å²) in [6.45, 7) is 0.103. The molecule has 5 heteroatoms. The molecule has 0 spiro atoms. The first-order chi connectivity index (χ1) is 13.2. The molecule has 0 N–H and O–H groups in total. The number of para-hydroxylation sites is 2. The zero-order valence-electron chi connectivity index (χ0n) is 14.7. The van der Waals surface area contributed by atoms with E-state index in [2.05, 4.69) is 16.9 Å². The van der Waals surface area contributed by atoms with Gasteiger partial charge in [0, 0.05) is 10.8 Å². The minimum Gasteiger partial charge on any atom is -0.465 e. The topological polar surface area (TPSA) is 57.5 Å². The molecule has 27 heavy (non-hydrogen) atoms. The van der Waals surface area contributed by atoms with Gasteiger partial charge in [0.25, 0.3) is 0 Å². The Morgan fingerprint density at radius 2 is 1.22 bits per heavy atom. The van der Waals surface area contributed by atoms with E-state index >= 15 is 0 Å². The first kappa shape index (κ1) is 16.8.